The van der Waals surface area contributed by atoms with E-state index < -0.39 is 5.60 Å². The lowest BCUT2D eigenvalue weighted by molar-refractivity contribution is 0.122. The van der Waals surface area contributed by atoms with Crippen molar-refractivity contribution in [1.82, 2.24) is 0 Å². The summed E-state index contributed by atoms with van der Waals surface area (Å²) < 4.78 is 2.66. The van der Waals surface area contributed by atoms with Crippen LogP contribution in [0.5, 0.6) is 0 Å². The number of halogens is 2. The highest BCUT2D eigenvalue weighted by atomic mass is 127. The molecule has 0 bridgehead atoms. The molecule has 13 heavy (non-hydrogen) atoms. The summed E-state index contributed by atoms with van der Waals surface area (Å²) in [5, 5.41) is 10.5. The van der Waals surface area contributed by atoms with E-state index in [9.17, 15) is 5.11 Å². The van der Waals surface area contributed by atoms with E-state index in [2.05, 4.69) is 9.85 Å². The highest BCUT2D eigenvalue weighted by Gasteiger charge is 2.19. The van der Waals surface area contributed by atoms with Crippen LogP contribution in [0.3, 0.4) is 0 Å². The largest absolute Gasteiger partial charge is 0.374 e. The number of aliphatic hydroxyl groups is 1. The molecule has 0 aliphatic heterocycles. The van der Waals surface area contributed by atoms with Crippen molar-refractivity contribution in [2.45, 2.75) is 12.5 Å². The first-order chi connectivity index (χ1) is 6.06. The smallest absolute Gasteiger partial charge is 0.148 e. The van der Waals surface area contributed by atoms with Gasteiger partial charge in [0.2, 0.25) is 0 Å². The van der Waals surface area contributed by atoms with Crippen molar-refractivity contribution in [2.75, 3.05) is 0 Å². The molecule has 1 unspecified atom stereocenters. The summed E-state index contributed by atoms with van der Waals surface area (Å²) in [7, 11) is 0. The van der Waals surface area contributed by atoms with Gasteiger partial charge in [-0.25, -0.2) is 0 Å². The molecule has 0 fully saturated rings. The Labute approximate surface area is 96.2 Å². The lowest BCUT2D eigenvalue weighted by atomic mass is 9.97. The Morgan fingerprint density at radius 2 is 1.92 bits per heavy atom. The molecule has 0 radical (unpaired) electrons. The highest BCUT2D eigenvalue weighted by Crippen LogP contribution is 2.21. The molecule has 0 amide bonds. The molecular weight excluding hydrogens is 298 g/mol. The minimum absolute atomic E-state index is 0.655. The van der Waals surface area contributed by atoms with Gasteiger partial charge < -0.3 is 5.11 Å². The van der Waals surface area contributed by atoms with Gasteiger partial charge in [-0.05, 0) is 28.5 Å². The second kappa shape index (κ2) is 4.32. The molecule has 0 aliphatic carbocycles. The van der Waals surface area contributed by atoms with E-state index in [0.29, 0.717) is 5.02 Å². The van der Waals surface area contributed by atoms with E-state index >= 15 is 0 Å². The van der Waals surface area contributed by atoms with Crippen LogP contribution < -0.4 is 0 Å². The van der Waals surface area contributed by atoms with E-state index in [0.717, 1.165) is 5.56 Å². The van der Waals surface area contributed by atoms with E-state index in [1.165, 1.54) is 0 Å². The number of benzene rings is 1. The zero-order chi connectivity index (χ0) is 9.90. The van der Waals surface area contributed by atoms with E-state index in [4.69, 9.17) is 11.6 Å². The fraction of sp³-hybridized carbons (Fsp3) is 0.200. The maximum Gasteiger partial charge on any atom is 0.148 e. The molecule has 68 valence electrons. The quantitative estimate of drug-likeness (QED) is 0.625. The Hall–Kier alpha value is -0.240. The van der Waals surface area contributed by atoms with Crippen LogP contribution in [0.4, 0.5) is 0 Å². The van der Waals surface area contributed by atoms with Crippen molar-refractivity contribution >= 4 is 34.2 Å². The van der Waals surface area contributed by atoms with Gasteiger partial charge in [0.1, 0.15) is 5.60 Å². The zero-order valence-electron chi connectivity index (χ0n) is 7.01. The molecule has 1 atom stereocenters. The van der Waals surface area contributed by atoms with Crippen LogP contribution >= 0.6 is 34.2 Å². The molecule has 0 spiro atoms. The minimum Gasteiger partial charge on any atom is -0.374 e. The van der Waals surface area contributed by atoms with Gasteiger partial charge in [0.25, 0.3) is 0 Å². The third-order valence-corrected chi connectivity index (χ3v) is 2.22. The van der Waals surface area contributed by atoms with Crippen molar-refractivity contribution in [3.63, 3.8) is 0 Å². The van der Waals surface area contributed by atoms with E-state index in [-0.39, 0.29) is 0 Å². The van der Waals surface area contributed by atoms with Crippen molar-refractivity contribution in [3.8, 4) is 9.85 Å². The molecule has 0 saturated carbocycles. The summed E-state index contributed by atoms with van der Waals surface area (Å²) in [6.07, 6.45) is 0. The van der Waals surface area contributed by atoms with Crippen LogP contribution in [0.2, 0.25) is 5.02 Å². The Kier molecular flexibility index (Phi) is 3.60. The molecule has 1 aromatic carbocycles. The summed E-state index contributed by atoms with van der Waals surface area (Å²) in [6.45, 7) is 1.65. The summed E-state index contributed by atoms with van der Waals surface area (Å²) in [5.41, 5.74) is -0.341. The molecule has 1 aromatic rings. The zero-order valence-corrected chi connectivity index (χ0v) is 9.93. The predicted octanol–water partition coefficient (Wildman–Crippen LogP) is 2.94. The number of rotatable bonds is 1. The fourth-order valence-electron chi connectivity index (χ4n) is 0.939. The molecular formula is C10H8ClIO. The summed E-state index contributed by atoms with van der Waals surface area (Å²) >= 11 is 7.62. The maximum atomic E-state index is 9.86. The summed E-state index contributed by atoms with van der Waals surface area (Å²) in [5.74, 6) is 2.71. The molecule has 0 aliphatic rings. The third-order valence-electron chi connectivity index (χ3n) is 1.70. The molecule has 1 rings (SSSR count). The molecule has 0 heterocycles. The topological polar surface area (TPSA) is 20.2 Å². The van der Waals surface area contributed by atoms with Gasteiger partial charge in [-0.2, -0.15) is 0 Å². The molecule has 1 nitrogen and oxygen atoms in total. The van der Waals surface area contributed by atoms with Gasteiger partial charge in [0.15, 0.2) is 0 Å². The van der Waals surface area contributed by atoms with Gasteiger partial charge in [-0.1, -0.05) is 29.7 Å². The third kappa shape index (κ3) is 2.87. The summed E-state index contributed by atoms with van der Waals surface area (Å²) in [4.78, 5) is 0. The number of hydrogen-bond donors (Lipinski definition) is 1. The SMILES string of the molecule is CC(O)(C#CI)c1ccc(Cl)cc1. The first-order valence-electron chi connectivity index (χ1n) is 3.67. The minimum atomic E-state index is -1.09. The standard InChI is InChI=1S/C10H8ClIO/c1-10(13,6-7-12)8-2-4-9(11)5-3-8/h2-5,13H,1H3. The van der Waals surface area contributed by atoms with Crippen molar-refractivity contribution < 1.29 is 5.11 Å². The Bertz CT molecular complexity index is 345. The van der Waals surface area contributed by atoms with Crippen molar-refractivity contribution in [1.29, 1.82) is 0 Å². The lowest BCUT2D eigenvalue weighted by Gasteiger charge is -2.16. The fourth-order valence-corrected chi connectivity index (χ4v) is 1.59. The monoisotopic (exact) mass is 306 g/mol. The van der Waals surface area contributed by atoms with Crippen LogP contribution in [0.1, 0.15) is 12.5 Å². The average Bonchev–Trinajstić information content (AvgIpc) is 2.05. The second-order valence-electron chi connectivity index (χ2n) is 2.80. The normalized spacial score (nSPS) is 14.2. The van der Waals surface area contributed by atoms with E-state index in [1.54, 1.807) is 31.2 Å². The summed E-state index contributed by atoms with van der Waals surface area (Å²) in [6, 6.07) is 7.01. The van der Waals surface area contributed by atoms with Crippen LogP contribution in [-0.4, -0.2) is 5.11 Å². The highest BCUT2D eigenvalue weighted by molar-refractivity contribution is 14.1. The van der Waals surface area contributed by atoms with E-state index in [1.807, 2.05) is 22.6 Å². The van der Waals surface area contributed by atoms with Gasteiger partial charge in [0.05, 0.1) is 0 Å². The molecule has 1 N–H and O–H groups in total. The maximum absolute atomic E-state index is 9.86. The van der Waals surface area contributed by atoms with Crippen LogP contribution in [0, 0.1) is 9.85 Å². The molecule has 0 aromatic heterocycles. The van der Waals surface area contributed by atoms with Crippen molar-refractivity contribution in [2.24, 2.45) is 0 Å². The van der Waals surface area contributed by atoms with Crippen LogP contribution in [0.25, 0.3) is 0 Å². The Morgan fingerprint density at radius 1 is 1.38 bits per heavy atom. The number of hydrogen-bond acceptors (Lipinski definition) is 1. The molecule has 0 saturated heterocycles. The lowest BCUT2D eigenvalue weighted by Crippen LogP contribution is -2.17. The van der Waals surface area contributed by atoms with Crippen molar-refractivity contribution in [3.05, 3.63) is 34.9 Å². The Morgan fingerprint density at radius 3 is 2.38 bits per heavy atom. The van der Waals surface area contributed by atoms with Gasteiger partial charge in [0, 0.05) is 27.6 Å². The van der Waals surface area contributed by atoms with Gasteiger partial charge >= 0.3 is 0 Å². The first kappa shape index (κ1) is 10.8. The Balaban J connectivity index is 3.05. The van der Waals surface area contributed by atoms with Crippen LogP contribution in [0.15, 0.2) is 24.3 Å². The van der Waals surface area contributed by atoms with Gasteiger partial charge in [-0.3, -0.25) is 0 Å². The molecule has 3 heteroatoms. The first-order valence-corrected chi connectivity index (χ1v) is 5.13. The van der Waals surface area contributed by atoms with Crippen LogP contribution in [-0.2, 0) is 5.60 Å². The average molecular weight is 307 g/mol. The second-order valence-corrected chi connectivity index (χ2v) is 3.77. The predicted molar refractivity (Wildman–Crippen MR) is 62.8 cm³/mol. The van der Waals surface area contributed by atoms with Gasteiger partial charge in [-0.15, -0.1) is 0 Å².